The van der Waals surface area contributed by atoms with E-state index in [9.17, 15) is 10.1 Å². The topological polar surface area (TPSA) is 97.1 Å². The van der Waals surface area contributed by atoms with Crippen LogP contribution in [0.25, 0.3) is 0 Å². The predicted molar refractivity (Wildman–Crippen MR) is 94.8 cm³/mol. The molecule has 8 nitrogen and oxygen atoms in total. The lowest BCUT2D eigenvalue weighted by Gasteiger charge is -2.18. The Labute approximate surface area is 144 Å². The van der Waals surface area contributed by atoms with Crippen LogP contribution >= 0.6 is 0 Å². The molecule has 0 spiro atoms. The van der Waals surface area contributed by atoms with Crippen molar-refractivity contribution in [3.05, 3.63) is 76.7 Å². The van der Waals surface area contributed by atoms with Gasteiger partial charge in [0.15, 0.2) is 0 Å². The summed E-state index contributed by atoms with van der Waals surface area (Å²) in [6, 6.07) is 14.9. The molecule has 2 aromatic heterocycles. The zero-order chi connectivity index (χ0) is 17.6. The van der Waals surface area contributed by atoms with Gasteiger partial charge in [0.25, 0.3) is 0 Å². The van der Waals surface area contributed by atoms with Gasteiger partial charge in [0.2, 0.25) is 11.6 Å². The van der Waals surface area contributed by atoms with E-state index in [2.05, 4.69) is 20.3 Å². The van der Waals surface area contributed by atoms with Gasteiger partial charge in [-0.25, -0.2) is 15.0 Å². The number of rotatable bonds is 6. The van der Waals surface area contributed by atoms with Gasteiger partial charge in [-0.1, -0.05) is 36.4 Å². The Morgan fingerprint density at radius 3 is 2.52 bits per heavy atom. The van der Waals surface area contributed by atoms with Crippen LogP contribution in [0.2, 0.25) is 0 Å². The summed E-state index contributed by atoms with van der Waals surface area (Å²) in [6.45, 7) is 0.488. The van der Waals surface area contributed by atoms with E-state index >= 15 is 0 Å². The van der Waals surface area contributed by atoms with E-state index in [0.29, 0.717) is 12.4 Å². The van der Waals surface area contributed by atoms with E-state index in [4.69, 9.17) is 0 Å². The molecule has 0 amide bonds. The van der Waals surface area contributed by atoms with E-state index in [1.165, 1.54) is 6.33 Å². The standard InChI is InChI=1S/C17H16N6O2/c1-22(11-13-7-3-2-4-8-13)17-15(23(24)25)16(19-12-20-17)21-14-9-5-6-10-18-14/h2-10,12H,11H2,1H3,(H,18,19,20,21). The van der Waals surface area contributed by atoms with Crippen LogP contribution in [0.1, 0.15) is 5.56 Å². The number of hydrogen-bond acceptors (Lipinski definition) is 7. The summed E-state index contributed by atoms with van der Waals surface area (Å²) >= 11 is 0. The molecule has 0 fully saturated rings. The van der Waals surface area contributed by atoms with Gasteiger partial charge in [0.05, 0.1) is 4.92 Å². The molecule has 0 aliphatic heterocycles. The quantitative estimate of drug-likeness (QED) is 0.545. The molecule has 8 heteroatoms. The minimum Gasteiger partial charge on any atom is -0.349 e. The largest absolute Gasteiger partial charge is 0.353 e. The molecule has 0 saturated heterocycles. The van der Waals surface area contributed by atoms with E-state index in [1.807, 2.05) is 30.3 Å². The van der Waals surface area contributed by atoms with E-state index in [-0.39, 0.29) is 17.3 Å². The first-order chi connectivity index (χ1) is 12.1. The van der Waals surface area contributed by atoms with Gasteiger partial charge in [-0.15, -0.1) is 0 Å². The van der Waals surface area contributed by atoms with Gasteiger partial charge >= 0.3 is 5.69 Å². The monoisotopic (exact) mass is 336 g/mol. The second-order valence-corrected chi connectivity index (χ2v) is 5.33. The lowest BCUT2D eigenvalue weighted by atomic mass is 10.2. The molecule has 1 aromatic carbocycles. The summed E-state index contributed by atoms with van der Waals surface area (Å²) in [7, 11) is 1.76. The summed E-state index contributed by atoms with van der Waals surface area (Å²) in [5.41, 5.74) is 0.837. The number of pyridine rings is 1. The van der Waals surface area contributed by atoms with Crippen LogP contribution in [0, 0.1) is 10.1 Å². The number of anilines is 3. The Morgan fingerprint density at radius 1 is 1.08 bits per heavy atom. The van der Waals surface area contributed by atoms with Crippen LogP contribution in [0.4, 0.5) is 23.1 Å². The van der Waals surface area contributed by atoms with Gasteiger partial charge in [0, 0.05) is 19.8 Å². The van der Waals surface area contributed by atoms with Crippen molar-refractivity contribution in [1.82, 2.24) is 15.0 Å². The third-order valence-corrected chi connectivity index (χ3v) is 3.52. The maximum Gasteiger partial charge on any atom is 0.353 e. The molecule has 0 radical (unpaired) electrons. The fraction of sp³-hybridized carbons (Fsp3) is 0.118. The van der Waals surface area contributed by atoms with Crippen LogP contribution in [0.15, 0.2) is 61.1 Å². The van der Waals surface area contributed by atoms with Crippen molar-refractivity contribution in [1.29, 1.82) is 0 Å². The van der Waals surface area contributed by atoms with Crippen LogP contribution in [-0.4, -0.2) is 26.9 Å². The number of nitrogens with zero attached hydrogens (tertiary/aromatic N) is 5. The third-order valence-electron chi connectivity index (χ3n) is 3.52. The minimum absolute atomic E-state index is 0.105. The van der Waals surface area contributed by atoms with Gasteiger partial charge in [-0.3, -0.25) is 10.1 Å². The molecule has 0 saturated carbocycles. The Hall–Kier alpha value is -3.55. The van der Waals surface area contributed by atoms with Crippen molar-refractivity contribution in [2.24, 2.45) is 0 Å². The second-order valence-electron chi connectivity index (χ2n) is 5.33. The molecule has 126 valence electrons. The average Bonchev–Trinajstić information content (AvgIpc) is 2.63. The fourth-order valence-corrected chi connectivity index (χ4v) is 2.40. The van der Waals surface area contributed by atoms with Gasteiger partial charge in [0.1, 0.15) is 12.1 Å². The minimum atomic E-state index is -0.484. The number of benzene rings is 1. The molecule has 3 rings (SSSR count). The van der Waals surface area contributed by atoms with Crippen LogP contribution in [0.3, 0.4) is 0 Å². The molecular weight excluding hydrogens is 320 g/mol. The first-order valence-corrected chi connectivity index (χ1v) is 7.57. The van der Waals surface area contributed by atoms with Crippen LogP contribution in [-0.2, 0) is 6.54 Å². The number of hydrogen-bond donors (Lipinski definition) is 1. The molecular formula is C17H16N6O2. The number of aromatic nitrogens is 3. The molecule has 3 aromatic rings. The lowest BCUT2D eigenvalue weighted by Crippen LogP contribution is -2.20. The van der Waals surface area contributed by atoms with Crippen molar-refractivity contribution < 1.29 is 4.92 Å². The molecule has 25 heavy (non-hydrogen) atoms. The maximum absolute atomic E-state index is 11.6. The SMILES string of the molecule is CN(Cc1ccccc1)c1ncnc(Nc2ccccn2)c1[N+](=O)[O-]. The summed E-state index contributed by atoms with van der Waals surface area (Å²) in [4.78, 5) is 25.1. The number of nitrogens with one attached hydrogen (secondary N) is 1. The van der Waals surface area contributed by atoms with Crippen LogP contribution in [0.5, 0.6) is 0 Å². The molecule has 0 aliphatic carbocycles. The van der Waals surface area contributed by atoms with Crippen molar-refractivity contribution in [2.75, 3.05) is 17.3 Å². The zero-order valence-electron chi connectivity index (χ0n) is 13.5. The fourth-order valence-electron chi connectivity index (χ4n) is 2.40. The first-order valence-electron chi connectivity index (χ1n) is 7.57. The smallest absolute Gasteiger partial charge is 0.349 e. The average molecular weight is 336 g/mol. The van der Waals surface area contributed by atoms with Crippen molar-refractivity contribution >= 4 is 23.1 Å². The summed E-state index contributed by atoms with van der Waals surface area (Å²) in [5, 5.41) is 14.5. The molecule has 1 N–H and O–H groups in total. The highest BCUT2D eigenvalue weighted by Crippen LogP contribution is 2.33. The Kier molecular flexibility index (Phi) is 4.79. The zero-order valence-corrected chi connectivity index (χ0v) is 13.5. The maximum atomic E-state index is 11.6. The van der Waals surface area contributed by atoms with E-state index in [0.717, 1.165) is 5.56 Å². The van der Waals surface area contributed by atoms with Gasteiger partial charge in [-0.05, 0) is 17.7 Å². The Morgan fingerprint density at radius 2 is 1.84 bits per heavy atom. The molecule has 0 aliphatic rings. The molecule has 0 unspecified atom stereocenters. The van der Waals surface area contributed by atoms with Crippen LogP contribution < -0.4 is 10.2 Å². The first kappa shape index (κ1) is 16.3. The van der Waals surface area contributed by atoms with Crippen molar-refractivity contribution in [3.8, 4) is 0 Å². The second kappa shape index (κ2) is 7.35. The lowest BCUT2D eigenvalue weighted by molar-refractivity contribution is -0.383. The van der Waals surface area contributed by atoms with Crippen molar-refractivity contribution in [3.63, 3.8) is 0 Å². The highest BCUT2D eigenvalue weighted by atomic mass is 16.6. The third kappa shape index (κ3) is 3.86. The summed E-state index contributed by atoms with van der Waals surface area (Å²) in [6.07, 6.45) is 2.90. The van der Waals surface area contributed by atoms with Crippen molar-refractivity contribution in [2.45, 2.75) is 6.54 Å². The van der Waals surface area contributed by atoms with Gasteiger partial charge < -0.3 is 10.2 Å². The number of nitro groups is 1. The normalized spacial score (nSPS) is 10.3. The van der Waals surface area contributed by atoms with E-state index in [1.54, 1.807) is 36.3 Å². The summed E-state index contributed by atoms with van der Waals surface area (Å²) in [5.74, 6) is 0.817. The molecule has 0 bridgehead atoms. The summed E-state index contributed by atoms with van der Waals surface area (Å²) < 4.78 is 0. The highest BCUT2D eigenvalue weighted by molar-refractivity contribution is 5.73. The Bertz CT molecular complexity index is 858. The predicted octanol–water partition coefficient (Wildman–Crippen LogP) is 3.16. The van der Waals surface area contributed by atoms with E-state index < -0.39 is 4.92 Å². The molecule has 2 heterocycles. The van der Waals surface area contributed by atoms with Gasteiger partial charge in [-0.2, -0.15) is 0 Å². The molecule has 0 atom stereocenters. The highest BCUT2D eigenvalue weighted by Gasteiger charge is 2.25. The Balaban J connectivity index is 1.93.